The average Bonchev–Trinajstić information content (AvgIpc) is 2.94. The highest BCUT2D eigenvalue weighted by molar-refractivity contribution is 7.13. The second-order valence-corrected chi connectivity index (χ2v) is 5.62. The van der Waals surface area contributed by atoms with Gasteiger partial charge in [0.2, 0.25) is 5.13 Å². The summed E-state index contributed by atoms with van der Waals surface area (Å²) in [5.74, 6) is -0.870. The Kier molecular flexibility index (Phi) is 3.45. The zero-order valence-corrected chi connectivity index (χ0v) is 11.6. The van der Waals surface area contributed by atoms with Crippen LogP contribution in [0.4, 0.5) is 0 Å². The number of carbonyl (C=O) groups is 1. The van der Waals surface area contributed by atoms with Gasteiger partial charge in [0.1, 0.15) is 11.6 Å². The summed E-state index contributed by atoms with van der Waals surface area (Å²) in [6.07, 6.45) is 3.01. The van der Waals surface area contributed by atoms with Crippen LogP contribution >= 0.6 is 11.3 Å². The third-order valence-corrected chi connectivity index (χ3v) is 4.18. The molecule has 0 aromatic carbocycles. The van der Waals surface area contributed by atoms with Crippen LogP contribution in [0.1, 0.15) is 46.4 Å². The van der Waals surface area contributed by atoms with Crippen molar-refractivity contribution in [3.05, 3.63) is 16.4 Å². The molecule has 0 unspecified atom stereocenters. The Morgan fingerprint density at radius 2 is 2.25 bits per heavy atom. The van der Waals surface area contributed by atoms with Crippen molar-refractivity contribution in [2.75, 3.05) is 7.11 Å². The first kappa shape index (κ1) is 13.1. The minimum Gasteiger partial charge on any atom is -0.476 e. The predicted octanol–water partition coefficient (Wildman–Crippen LogP) is 1.23. The van der Waals surface area contributed by atoms with Crippen molar-refractivity contribution in [3.8, 4) is 5.13 Å². The zero-order chi connectivity index (χ0) is 14.1. The molecule has 0 saturated heterocycles. The van der Waals surface area contributed by atoms with Gasteiger partial charge in [-0.25, -0.2) is 4.79 Å². The summed E-state index contributed by atoms with van der Waals surface area (Å²) in [6, 6.07) is 0. The zero-order valence-electron chi connectivity index (χ0n) is 10.8. The lowest BCUT2D eigenvalue weighted by atomic mass is 9.82. The summed E-state index contributed by atoms with van der Waals surface area (Å²) in [5.41, 5.74) is 0.641. The summed E-state index contributed by atoms with van der Waals surface area (Å²) in [7, 11) is 1.58. The van der Waals surface area contributed by atoms with Crippen molar-refractivity contribution >= 4 is 17.3 Å². The van der Waals surface area contributed by atoms with Gasteiger partial charge >= 0.3 is 5.97 Å². The van der Waals surface area contributed by atoms with E-state index in [-0.39, 0.29) is 11.6 Å². The van der Waals surface area contributed by atoms with E-state index in [1.165, 1.54) is 16.0 Å². The van der Waals surface area contributed by atoms with Crippen molar-refractivity contribution < 1.29 is 14.6 Å². The first-order valence-corrected chi connectivity index (χ1v) is 7.03. The molecule has 8 nitrogen and oxygen atoms in total. The van der Waals surface area contributed by atoms with Gasteiger partial charge in [-0.3, -0.25) is 0 Å². The van der Waals surface area contributed by atoms with Gasteiger partial charge < -0.3 is 9.84 Å². The molecule has 1 aliphatic rings. The maximum Gasteiger partial charge on any atom is 0.358 e. The SMILES string of the molecule is COCc1nnc(-n2nnc(C(=O)O)c2C2CCC2)s1. The van der Waals surface area contributed by atoms with Crippen LogP contribution in [0.2, 0.25) is 0 Å². The molecule has 0 spiro atoms. The van der Waals surface area contributed by atoms with E-state index in [0.717, 1.165) is 24.3 Å². The maximum atomic E-state index is 11.3. The minimum absolute atomic E-state index is 0.0122. The molecule has 20 heavy (non-hydrogen) atoms. The number of hydrogen-bond donors (Lipinski definition) is 1. The molecule has 2 aromatic rings. The van der Waals surface area contributed by atoms with Gasteiger partial charge in [-0.05, 0) is 12.8 Å². The number of aromatic carboxylic acids is 1. The van der Waals surface area contributed by atoms with E-state index in [4.69, 9.17) is 4.74 Å². The molecule has 2 aromatic heterocycles. The Labute approximate surface area is 118 Å². The quantitative estimate of drug-likeness (QED) is 0.884. The van der Waals surface area contributed by atoms with Gasteiger partial charge in [0.25, 0.3) is 0 Å². The van der Waals surface area contributed by atoms with E-state index < -0.39 is 5.97 Å². The van der Waals surface area contributed by atoms with E-state index in [1.54, 1.807) is 7.11 Å². The highest BCUT2D eigenvalue weighted by Crippen LogP contribution is 2.38. The number of nitrogens with zero attached hydrogens (tertiary/aromatic N) is 5. The molecule has 1 N–H and O–H groups in total. The van der Waals surface area contributed by atoms with Gasteiger partial charge in [-0.1, -0.05) is 23.0 Å². The molecular weight excluding hydrogens is 282 g/mol. The summed E-state index contributed by atoms with van der Waals surface area (Å²) < 4.78 is 6.50. The van der Waals surface area contributed by atoms with Crippen molar-refractivity contribution in [3.63, 3.8) is 0 Å². The fourth-order valence-electron chi connectivity index (χ4n) is 2.14. The third kappa shape index (κ3) is 2.18. The van der Waals surface area contributed by atoms with E-state index >= 15 is 0 Å². The Morgan fingerprint density at radius 3 is 2.85 bits per heavy atom. The fourth-order valence-corrected chi connectivity index (χ4v) is 2.92. The van der Waals surface area contributed by atoms with E-state index in [9.17, 15) is 9.90 Å². The van der Waals surface area contributed by atoms with E-state index in [2.05, 4.69) is 20.5 Å². The van der Waals surface area contributed by atoms with Gasteiger partial charge in [0.15, 0.2) is 5.69 Å². The predicted molar refractivity (Wildman–Crippen MR) is 69.1 cm³/mol. The molecule has 0 atom stereocenters. The van der Waals surface area contributed by atoms with Crippen LogP contribution in [0, 0.1) is 0 Å². The van der Waals surface area contributed by atoms with Crippen LogP contribution in [-0.4, -0.2) is 43.4 Å². The molecule has 0 aliphatic heterocycles. The molecule has 1 fully saturated rings. The van der Waals surface area contributed by atoms with Crippen molar-refractivity contribution in [1.29, 1.82) is 0 Å². The second-order valence-electron chi connectivity index (χ2n) is 4.58. The summed E-state index contributed by atoms with van der Waals surface area (Å²) >= 11 is 1.32. The summed E-state index contributed by atoms with van der Waals surface area (Å²) in [6.45, 7) is 0.372. The normalized spacial score (nSPS) is 15.2. The average molecular weight is 295 g/mol. The molecular formula is C11H13N5O3S. The molecule has 9 heteroatoms. The molecule has 106 valence electrons. The molecule has 0 radical (unpaired) electrons. The smallest absolute Gasteiger partial charge is 0.358 e. The molecule has 2 heterocycles. The minimum atomic E-state index is -1.06. The highest BCUT2D eigenvalue weighted by Gasteiger charge is 2.31. The largest absolute Gasteiger partial charge is 0.476 e. The number of ether oxygens (including phenoxy) is 1. The van der Waals surface area contributed by atoms with E-state index in [0.29, 0.717) is 17.4 Å². The number of aromatic nitrogens is 5. The van der Waals surface area contributed by atoms with Crippen molar-refractivity contribution in [1.82, 2.24) is 25.2 Å². The Morgan fingerprint density at radius 1 is 1.45 bits per heavy atom. The highest BCUT2D eigenvalue weighted by atomic mass is 32.1. The Hall–Kier alpha value is -1.87. The molecule has 3 rings (SSSR count). The van der Waals surface area contributed by atoms with Crippen molar-refractivity contribution in [2.45, 2.75) is 31.8 Å². The van der Waals surface area contributed by atoms with Gasteiger partial charge in [0, 0.05) is 13.0 Å². The number of carboxylic acids is 1. The van der Waals surface area contributed by atoms with Gasteiger partial charge in [-0.15, -0.1) is 15.3 Å². The fraction of sp³-hybridized carbons (Fsp3) is 0.545. The van der Waals surface area contributed by atoms with Crippen LogP contribution in [0.15, 0.2) is 0 Å². The lowest BCUT2D eigenvalue weighted by Gasteiger charge is -2.25. The number of methoxy groups -OCH3 is 1. The first-order valence-electron chi connectivity index (χ1n) is 6.21. The third-order valence-electron chi connectivity index (χ3n) is 3.30. The summed E-state index contributed by atoms with van der Waals surface area (Å²) in [4.78, 5) is 11.3. The van der Waals surface area contributed by atoms with Crippen molar-refractivity contribution in [2.24, 2.45) is 0 Å². The van der Waals surface area contributed by atoms with Crippen LogP contribution in [0.5, 0.6) is 0 Å². The lowest BCUT2D eigenvalue weighted by molar-refractivity contribution is 0.0687. The van der Waals surface area contributed by atoms with Gasteiger partial charge in [0.05, 0.1) is 5.69 Å². The molecule has 0 bridgehead atoms. The van der Waals surface area contributed by atoms with Crippen LogP contribution in [0.25, 0.3) is 5.13 Å². The molecule has 1 aliphatic carbocycles. The summed E-state index contributed by atoms with van der Waals surface area (Å²) in [5, 5.41) is 26.2. The monoisotopic (exact) mass is 295 g/mol. The topological polar surface area (TPSA) is 103 Å². The lowest BCUT2D eigenvalue weighted by Crippen LogP contribution is -2.17. The second kappa shape index (κ2) is 5.25. The van der Waals surface area contributed by atoms with E-state index in [1.807, 2.05) is 0 Å². The molecule has 1 saturated carbocycles. The maximum absolute atomic E-state index is 11.3. The standard InChI is InChI=1S/C11H13N5O3S/c1-19-5-7-12-14-11(20-7)16-9(6-3-2-4-6)8(10(17)18)13-15-16/h6H,2-5H2,1H3,(H,17,18). The Bertz CT molecular complexity index is 634. The Balaban J connectivity index is 2.01. The first-order chi connectivity index (χ1) is 9.70. The number of rotatable bonds is 5. The van der Waals surface area contributed by atoms with Crippen LogP contribution < -0.4 is 0 Å². The number of carboxylic acid groups (broad SMARTS) is 1. The van der Waals surface area contributed by atoms with Crippen LogP contribution in [-0.2, 0) is 11.3 Å². The molecule has 0 amide bonds. The van der Waals surface area contributed by atoms with Gasteiger partial charge in [-0.2, -0.15) is 4.68 Å². The van der Waals surface area contributed by atoms with Crippen LogP contribution in [0.3, 0.4) is 0 Å². The number of hydrogen-bond acceptors (Lipinski definition) is 7.